The van der Waals surface area contributed by atoms with E-state index in [4.69, 9.17) is 37.9 Å². The van der Waals surface area contributed by atoms with Crippen LogP contribution in [0.5, 0.6) is 5.75 Å². The third kappa shape index (κ3) is 34.1. The fourth-order valence-electron chi connectivity index (χ4n) is 4.91. The average molecular weight is 655 g/mol. The van der Waals surface area contributed by atoms with E-state index in [9.17, 15) is 0 Å². The fraction of sp³-hybridized carbons (Fsp3) is 0.842. The van der Waals surface area contributed by atoms with Gasteiger partial charge in [0.05, 0.1) is 85.9 Å². The summed E-state index contributed by atoms with van der Waals surface area (Å²) in [6.45, 7) is 11.0. The Morgan fingerprint density at radius 1 is 0.304 bits per heavy atom. The number of unbranched alkanes of at least 4 members (excludes halogenated alkanes) is 15. The molecule has 0 radical (unpaired) electrons. The summed E-state index contributed by atoms with van der Waals surface area (Å²) in [6, 6.07) is 9.72. The molecule has 0 spiro atoms. The van der Waals surface area contributed by atoms with Gasteiger partial charge < -0.3 is 37.9 Å². The molecule has 0 aliphatic carbocycles. The lowest BCUT2D eigenvalue weighted by Gasteiger charge is -2.09. The minimum Gasteiger partial charge on any atom is -0.491 e. The minimum atomic E-state index is 0.529. The average Bonchev–Trinajstić information content (AvgIpc) is 3.08. The topological polar surface area (TPSA) is 73.8 Å². The summed E-state index contributed by atoms with van der Waals surface area (Å²) in [7, 11) is 0. The maximum absolute atomic E-state index is 5.69. The molecular formula is C38H70O8. The molecule has 0 aliphatic rings. The molecule has 0 bridgehead atoms. The van der Waals surface area contributed by atoms with Crippen LogP contribution in [0, 0.1) is 0 Å². The smallest absolute Gasteiger partial charge is 0.119 e. The van der Waals surface area contributed by atoms with E-state index in [1.807, 2.05) is 30.3 Å². The lowest BCUT2D eigenvalue weighted by molar-refractivity contribution is -0.0213. The van der Waals surface area contributed by atoms with Crippen LogP contribution in [0.2, 0.25) is 0 Å². The van der Waals surface area contributed by atoms with Crippen molar-refractivity contribution in [3.8, 4) is 5.75 Å². The lowest BCUT2D eigenvalue weighted by Crippen LogP contribution is -2.15. The second kappa shape index (κ2) is 38.2. The zero-order chi connectivity index (χ0) is 32.7. The van der Waals surface area contributed by atoms with Gasteiger partial charge in [0.2, 0.25) is 0 Å². The normalized spacial score (nSPS) is 11.4. The number of para-hydroxylation sites is 1. The van der Waals surface area contributed by atoms with Gasteiger partial charge in [0, 0.05) is 6.61 Å². The SMILES string of the molecule is CCCCCCCCCCCCCCCCCCOCCOCCOCCOCCOCCOCCOCCOc1ccccc1. The predicted molar refractivity (Wildman–Crippen MR) is 187 cm³/mol. The standard InChI is InChI=1S/C38H70O8/c1-2-3-4-5-6-7-8-9-10-11-12-13-14-15-16-20-23-39-24-25-40-26-27-41-28-29-42-30-31-43-32-33-44-34-35-45-36-37-46-38-21-18-17-19-22-38/h17-19,21-22H,2-16,20,23-37H2,1H3. The van der Waals surface area contributed by atoms with Crippen LogP contribution in [0.4, 0.5) is 0 Å². The summed E-state index contributed by atoms with van der Waals surface area (Å²) >= 11 is 0. The first kappa shape index (κ1) is 42.8. The highest BCUT2D eigenvalue weighted by Gasteiger charge is 1.97. The van der Waals surface area contributed by atoms with E-state index in [0.29, 0.717) is 92.5 Å². The highest BCUT2D eigenvalue weighted by molar-refractivity contribution is 5.20. The van der Waals surface area contributed by atoms with Crippen LogP contribution in [0.15, 0.2) is 30.3 Å². The summed E-state index contributed by atoms with van der Waals surface area (Å²) in [4.78, 5) is 0. The van der Waals surface area contributed by atoms with Gasteiger partial charge >= 0.3 is 0 Å². The second-order valence-electron chi connectivity index (χ2n) is 11.8. The second-order valence-corrected chi connectivity index (χ2v) is 11.8. The zero-order valence-corrected chi connectivity index (χ0v) is 29.6. The molecule has 0 amide bonds. The molecule has 270 valence electrons. The molecule has 0 aliphatic heterocycles. The van der Waals surface area contributed by atoms with Gasteiger partial charge in [-0.25, -0.2) is 0 Å². The van der Waals surface area contributed by atoms with Crippen LogP contribution in [-0.2, 0) is 33.2 Å². The Kier molecular flexibility index (Phi) is 35.5. The van der Waals surface area contributed by atoms with Crippen molar-refractivity contribution in [3.63, 3.8) is 0 Å². The van der Waals surface area contributed by atoms with Gasteiger partial charge in [-0.2, -0.15) is 0 Å². The number of benzene rings is 1. The molecule has 46 heavy (non-hydrogen) atoms. The Bertz CT molecular complexity index is 678. The van der Waals surface area contributed by atoms with Crippen molar-refractivity contribution in [2.75, 3.05) is 99.1 Å². The quantitative estimate of drug-likeness (QED) is 0.0655. The van der Waals surface area contributed by atoms with Gasteiger partial charge in [-0.3, -0.25) is 0 Å². The van der Waals surface area contributed by atoms with Gasteiger partial charge in [-0.1, -0.05) is 121 Å². The number of hydrogen-bond acceptors (Lipinski definition) is 8. The Hall–Kier alpha value is -1.26. The van der Waals surface area contributed by atoms with Crippen molar-refractivity contribution in [1.29, 1.82) is 0 Å². The van der Waals surface area contributed by atoms with E-state index in [2.05, 4.69) is 6.92 Å². The van der Waals surface area contributed by atoms with Crippen molar-refractivity contribution >= 4 is 0 Å². The van der Waals surface area contributed by atoms with E-state index < -0.39 is 0 Å². The molecule has 0 saturated heterocycles. The number of rotatable bonds is 39. The molecule has 0 saturated carbocycles. The minimum absolute atomic E-state index is 0.529. The summed E-state index contributed by atoms with van der Waals surface area (Å²) in [6.07, 6.45) is 22.3. The van der Waals surface area contributed by atoms with Crippen LogP contribution in [0.25, 0.3) is 0 Å². The first-order valence-electron chi connectivity index (χ1n) is 18.7. The highest BCUT2D eigenvalue weighted by atomic mass is 16.6. The maximum Gasteiger partial charge on any atom is 0.119 e. The van der Waals surface area contributed by atoms with Gasteiger partial charge in [0.25, 0.3) is 0 Å². The molecule has 8 heteroatoms. The summed E-state index contributed by atoms with van der Waals surface area (Å²) in [5.74, 6) is 0.855. The van der Waals surface area contributed by atoms with Gasteiger partial charge in [0.1, 0.15) is 12.4 Å². The zero-order valence-electron chi connectivity index (χ0n) is 29.6. The first-order chi connectivity index (χ1) is 22.9. The molecule has 1 rings (SSSR count). The summed E-state index contributed by atoms with van der Waals surface area (Å²) < 4.78 is 44.4. The van der Waals surface area contributed by atoms with Crippen LogP contribution >= 0.6 is 0 Å². The molecule has 0 aromatic heterocycles. The molecule has 0 atom stereocenters. The van der Waals surface area contributed by atoms with Gasteiger partial charge in [-0.15, -0.1) is 0 Å². The van der Waals surface area contributed by atoms with E-state index in [-0.39, 0.29) is 0 Å². The number of ether oxygens (including phenoxy) is 8. The van der Waals surface area contributed by atoms with Crippen LogP contribution in [-0.4, -0.2) is 99.1 Å². The highest BCUT2D eigenvalue weighted by Crippen LogP contribution is 2.13. The van der Waals surface area contributed by atoms with Crippen molar-refractivity contribution in [3.05, 3.63) is 30.3 Å². The molecular weight excluding hydrogens is 584 g/mol. The van der Waals surface area contributed by atoms with Crippen LogP contribution in [0.3, 0.4) is 0 Å². The fourth-order valence-corrected chi connectivity index (χ4v) is 4.91. The van der Waals surface area contributed by atoms with E-state index in [1.165, 1.54) is 96.3 Å². The first-order valence-corrected chi connectivity index (χ1v) is 18.7. The molecule has 0 heterocycles. The summed E-state index contributed by atoms with van der Waals surface area (Å²) in [5, 5.41) is 0. The Labute approximate surface area is 282 Å². The Balaban J connectivity index is 1.61. The third-order valence-electron chi connectivity index (χ3n) is 7.61. The molecule has 8 nitrogen and oxygen atoms in total. The third-order valence-corrected chi connectivity index (χ3v) is 7.61. The van der Waals surface area contributed by atoms with E-state index in [1.54, 1.807) is 0 Å². The Morgan fingerprint density at radius 2 is 0.587 bits per heavy atom. The monoisotopic (exact) mass is 655 g/mol. The van der Waals surface area contributed by atoms with E-state index >= 15 is 0 Å². The maximum atomic E-state index is 5.69. The Morgan fingerprint density at radius 3 is 0.935 bits per heavy atom. The van der Waals surface area contributed by atoms with Gasteiger partial charge in [-0.05, 0) is 18.6 Å². The van der Waals surface area contributed by atoms with Crippen molar-refractivity contribution in [2.45, 2.75) is 110 Å². The van der Waals surface area contributed by atoms with Crippen LogP contribution < -0.4 is 4.74 Å². The van der Waals surface area contributed by atoms with Gasteiger partial charge in [0.15, 0.2) is 0 Å². The molecule has 0 fully saturated rings. The molecule has 1 aromatic rings. The van der Waals surface area contributed by atoms with Crippen molar-refractivity contribution < 1.29 is 37.9 Å². The number of hydrogen-bond donors (Lipinski definition) is 0. The lowest BCUT2D eigenvalue weighted by atomic mass is 10.0. The predicted octanol–water partition coefficient (Wildman–Crippen LogP) is 8.44. The largest absolute Gasteiger partial charge is 0.491 e. The molecule has 1 aromatic carbocycles. The van der Waals surface area contributed by atoms with Crippen LogP contribution in [0.1, 0.15) is 110 Å². The summed E-state index contributed by atoms with van der Waals surface area (Å²) in [5.41, 5.74) is 0. The molecule has 0 N–H and O–H groups in total. The van der Waals surface area contributed by atoms with E-state index in [0.717, 1.165) is 18.8 Å². The molecule has 0 unspecified atom stereocenters. The van der Waals surface area contributed by atoms with Crippen molar-refractivity contribution in [2.24, 2.45) is 0 Å². The van der Waals surface area contributed by atoms with Crippen molar-refractivity contribution in [1.82, 2.24) is 0 Å².